The number of benzene rings is 2. The van der Waals surface area contributed by atoms with E-state index in [2.05, 4.69) is 26.1 Å². The number of hydrogen-bond donors (Lipinski definition) is 3. The number of aromatic nitrogens is 3. The van der Waals surface area contributed by atoms with E-state index in [9.17, 15) is 14.4 Å². The Morgan fingerprint density at radius 3 is 2.60 bits per heavy atom. The molecule has 2 aromatic carbocycles. The molecule has 1 aliphatic heterocycles. The van der Waals surface area contributed by atoms with Gasteiger partial charge in [0, 0.05) is 36.7 Å². The number of ether oxygens (including phenoxy) is 2. The number of rotatable bonds is 9. The van der Waals surface area contributed by atoms with Crippen molar-refractivity contribution in [3.63, 3.8) is 0 Å². The van der Waals surface area contributed by atoms with E-state index in [0.29, 0.717) is 28.2 Å². The molecule has 12 heteroatoms. The normalized spacial score (nSPS) is 15.2. The van der Waals surface area contributed by atoms with Crippen LogP contribution in [-0.4, -0.2) is 58.6 Å². The van der Waals surface area contributed by atoms with Crippen molar-refractivity contribution in [3.05, 3.63) is 54.4 Å². The summed E-state index contributed by atoms with van der Waals surface area (Å²) in [6, 6.07) is 13.4. The number of methoxy groups -OCH3 is 2. The maximum Gasteiger partial charge on any atom is 0.321 e. The number of nitrogens with one attached hydrogen (secondary N) is 3. The Kier molecular flexibility index (Phi) is 7.51. The summed E-state index contributed by atoms with van der Waals surface area (Å²) in [5, 5.41) is 16.9. The van der Waals surface area contributed by atoms with Gasteiger partial charge in [-0.1, -0.05) is 23.9 Å². The van der Waals surface area contributed by atoms with Crippen LogP contribution < -0.4 is 25.4 Å². The number of carbonyl (C=O) groups excluding carboxylic acids is 3. The second-order valence-corrected chi connectivity index (χ2v) is 8.57. The molecule has 4 rings (SSSR count). The Bertz CT molecular complexity index is 1230. The molecule has 0 saturated carbocycles. The number of thioether (sulfide) groups is 1. The van der Waals surface area contributed by atoms with Gasteiger partial charge in [-0.3, -0.25) is 19.5 Å². The maximum atomic E-state index is 12.6. The molecule has 0 radical (unpaired) electrons. The molecule has 35 heavy (non-hydrogen) atoms. The topological polar surface area (TPSA) is 136 Å². The number of hydrogen-bond acceptors (Lipinski definition) is 8. The average molecular weight is 497 g/mol. The lowest BCUT2D eigenvalue weighted by molar-refractivity contribution is -0.121. The smallest absolute Gasteiger partial charge is 0.321 e. The van der Waals surface area contributed by atoms with Crippen LogP contribution in [0, 0.1) is 0 Å². The van der Waals surface area contributed by atoms with E-state index in [-0.39, 0.29) is 30.4 Å². The van der Waals surface area contributed by atoms with Gasteiger partial charge in [0.25, 0.3) is 0 Å². The molecule has 0 spiro atoms. The van der Waals surface area contributed by atoms with Crippen LogP contribution in [0.25, 0.3) is 5.69 Å². The first kappa shape index (κ1) is 24.1. The van der Waals surface area contributed by atoms with Gasteiger partial charge in [0.1, 0.15) is 17.3 Å². The van der Waals surface area contributed by atoms with Crippen molar-refractivity contribution in [2.24, 2.45) is 0 Å². The molecule has 3 N–H and O–H groups in total. The highest BCUT2D eigenvalue weighted by Crippen LogP contribution is 2.26. The molecule has 1 aliphatic rings. The van der Waals surface area contributed by atoms with Crippen molar-refractivity contribution in [2.75, 3.05) is 25.3 Å². The second-order valence-electron chi connectivity index (χ2n) is 7.63. The monoisotopic (exact) mass is 496 g/mol. The highest BCUT2D eigenvalue weighted by atomic mass is 32.2. The zero-order valence-electron chi connectivity index (χ0n) is 19.1. The number of amides is 4. The molecule has 1 atom stereocenters. The average Bonchev–Trinajstić information content (AvgIpc) is 3.24. The van der Waals surface area contributed by atoms with Gasteiger partial charge in [-0.05, 0) is 24.3 Å². The van der Waals surface area contributed by atoms with Crippen molar-refractivity contribution in [3.8, 4) is 17.2 Å². The van der Waals surface area contributed by atoms with E-state index < -0.39 is 12.1 Å². The first-order valence-electron chi connectivity index (χ1n) is 10.7. The predicted molar refractivity (Wildman–Crippen MR) is 129 cm³/mol. The van der Waals surface area contributed by atoms with Gasteiger partial charge in [0.2, 0.25) is 11.8 Å². The van der Waals surface area contributed by atoms with Crippen molar-refractivity contribution in [1.82, 2.24) is 25.4 Å². The summed E-state index contributed by atoms with van der Waals surface area (Å²) in [5.74, 6) is 1.33. The summed E-state index contributed by atoms with van der Waals surface area (Å²) < 4.78 is 12.3. The van der Waals surface area contributed by atoms with Crippen LogP contribution in [0.4, 0.5) is 10.5 Å². The molecule has 0 aliphatic carbocycles. The zero-order chi connectivity index (χ0) is 24.8. The van der Waals surface area contributed by atoms with Gasteiger partial charge >= 0.3 is 6.03 Å². The Morgan fingerprint density at radius 1 is 1.11 bits per heavy atom. The second kappa shape index (κ2) is 10.9. The van der Waals surface area contributed by atoms with Crippen molar-refractivity contribution < 1.29 is 23.9 Å². The summed E-state index contributed by atoms with van der Waals surface area (Å²) in [7, 11) is 3.13. The van der Waals surface area contributed by atoms with E-state index in [4.69, 9.17) is 9.47 Å². The highest BCUT2D eigenvalue weighted by Gasteiger charge is 2.27. The van der Waals surface area contributed by atoms with Crippen molar-refractivity contribution in [2.45, 2.75) is 24.0 Å². The van der Waals surface area contributed by atoms with Crippen LogP contribution in [0.1, 0.15) is 12.2 Å². The van der Waals surface area contributed by atoms with Gasteiger partial charge in [0.15, 0.2) is 5.16 Å². The molecule has 3 aromatic rings. The third-order valence-corrected chi connectivity index (χ3v) is 6.08. The third kappa shape index (κ3) is 6.09. The van der Waals surface area contributed by atoms with Crippen LogP contribution in [0.5, 0.6) is 11.5 Å². The Labute approximate surface area is 205 Å². The summed E-state index contributed by atoms with van der Waals surface area (Å²) in [5.41, 5.74) is 1.35. The summed E-state index contributed by atoms with van der Waals surface area (Å²) >= 11 is 1.22. The number of urea groups is 1. The lowest BCUT2D eigenvalue weighted by Gasteiger charge is -2.23. The highest BCUT2D eigenvalue weighted by molar-refractivity contribution is 7.99. The fourth-order valence-electron chi connectivity index (χ4n) is 3.58. The van der Waals surface area contributed by atoms with Gasteiger partial charge < -0.3 is 20.1 Å². The molecular formula is C23H24N6O5S. The molecule has 1 aromatic heterocycles. The van der Waals surface area contributed by atoms with Crippen LogP contribution in [0.15, 0.2) is 53.7 Å². The Hall–Kier alpha value is -4.06. The summed E-state index contributed by atoms with van der Waals surface area (Å²) in [4.78, 5) is 36.1. The summed E-state index contributed by atoms with van der Waals surface area (Å²) in [6.07, 6.45) is 0.405. The van der Waals surface area contributed by atoms with E-state index >= 15 is 0 Å². The maximum absolute atomic E-state index is 12.6. The zero-order valence-corrected chi connectivity index (χ0v) is 19.9. The molecule has 1 saturated heterocycles. The Morgan fingerprint density at radius 2 is 1.86 bits per heavy atom. The third-order valence-electron chi connectivity index (χ3n) is 5.15. The van der Waals surface area contributed by atoms with Gasteiger partial charge in [-0.25, -0.2) is 4.79 Å². The van der Waals surface area contributed by atoms with E-state index in [1.807, 2.05) is 24.3 Å². The molecular weight excluding hydrogens is 472 g/mol. The molecule has 182 valence electrons. The summed E-state index contributed by atoms with van der Waals surface area (Å²) in [6.45, 7) is 0. The van der Waals surface area contributed by atoms with E-state index in [0.717, 1.165) is 5.69 Å². The number of imide groups is 1. The predicted octanol–water partition coefficient (Wildman–Crippen LogP) is 2.16. The number of anilines is 1. The van der Waals surface area contributed by atoms with Gasteiger partial charge in [-0.15, -0.1) is 10.2 Å². The van der Waals surface area contributed by atoms with Crippen molar-refractivity contribution >= 4 is 35.3 Å². The van der Waals surface area contributed by atoms with E-state index in [1.165, 1.54) is 11.8 Å². The quantitative estimate of drug-likeness (QED) is 0.384. The molecule has 11 nitrogen and oxygen atoms in total. The molecule has 4 amide bonds. The van der Waals surface area contributed by atoms with Crippen LogP contribution >= 0.6 is 11.8 Å². The van der Waals surface area contributed by atoms with Crippen LogP contribution in [0.2, 0.25) is 0 Å². The van der Waals surface area contributed by atoms with E-state index in [1.54, 1.807) is 43.1 Å². The lowest BCUT2D eigenvalue weighted by atomic mass is 10.1. The fourth-order valence-corrected chi connectivity index (χ4v) is 4.35. The first-order valence-corrected chi connectivity index (χ1v) is 11.7. The number of nitrogens with zero attached hydrogens (tertiary/aromatic N) is 3. The largest absolute Gasteiger partial charge is 0.497 e. The SMILES string of the molecule is COc1cccc(NC(=O)CSc2nnc(CC3CC(=O)NC(=O)N3)n2-c2cccc(OC)c2)c1. The first-order chi connectivity index (χ1) is 16.9. The van der Waals surface area contributed by atoms with Crippen molar-refractivity contribution in [1.29, 1.82) is 0 Å². The van der Waals surface area contributed by atoms with Gasteiger partial charge in [0.05, 0.1) is 25.7 Å². The minimum atomic E-state index is -0.539. The Balaban J connectivity index is 1.54. The molecule has 0 bridgehead atoms. The number of carbonyl (C=O) groups is 3. The van der Waals surface area contributed by atoms with Crippen LogP contribution in [0.3, 0.4) is 0 Å². The van der Waals surface area contributed by atoms with Gasteiger partial charge in [-0.2, -0.15) is 0 Å². The standard InChI is InChI=1S/C23H24N6O5S/c1-33-17-7-3-5-14(9-17)24-21(31)13-35-23-28-27-19(10-15-11-20(30)26-22(32)25-15)29(23)16-6-4-8-18(12-16)34-2/h3-9,12,15H,10-11,13H2,1-2H3,(H,24,31)(H2,25,26,30,32). The molecule has 2 heterocycles. The van der Waals surface area contributed by atoms with Crippen LogP contribution in [-0.2, 0) is 16.0 Å². The fraction of sp³-hybridized carbons (Fsp3) is 0.261. The minimum absolute atomic E-state index is 0.0852. The minimum Gasteiger partial charge on any atom is -0.497 e. The molecule has 1 fully saturated rings. The molecule has 1 unspecified atom stereocenters. The lowest BCUT2D eigenvalue weighted by Crippen LogP contribution is -2.53.